The molecule has 0 bridgehead atoms. The summed E-state index contributed by atoms with van der Waals surface area (Å²) in [6.07, 6.45) is 2.50. The number of ether oxygens (including phenoxy) is 1. The molecule has 2 atom stereocenters. The second-order valence-corrected chi connectivity index (χ2v) is 9.57. The Kier molecular flexibility index (Phi) is 7.86. The third-order valence-corrected chi connectivity index (χ3v) is 6.88. The number of amides is 2. The highest BCUT2D eigenvalue weighted by Crippen LogP contribution is 2.35. The summed E-state index contributed by atoms with van der Waals surface area (Å²) in [7, 11) is -2.34. The van der Waals surface area contributed by atoms with Crippen LogP contribution in [0.3, 0.4) is 0 Å². The Morgan fingerprint density at radius 3 is 2.78 bits per heavy atom. The summed E-state index contributed by atoms with van der Waals surface area (Å²) in [6.45, 7) is 2.56. The summed E-state index contributed by atoms with van der Waals surface area (Å²) in [5.41, 5.74) is 1.26. The van der Waals surface area contributed by atoms with Gasteiger partial charge < -0.3 is 15.4 Å². The van der Waals surface area contributed by atoms with Crippen molar-refractivity contribution in [2.24, 2.45) is 0 Å². The monoisotopic (exact) mass is 463 g/mol. The zero-order valence-corrected chi connectivity index (χ0v) is 19.0. The van der Waals surface area contributed by atoms with E-state index < -0.39 is 16.1 Å². The fraction of sp³-hybridized carbons (Fsp3) is 0.476. The number of aromatic amines is 1. The molecule has 1 aliphatic rings. The van der Waals surface area contributed by atoms with Crippen molar-refractivity contribution in [1.29, 1.82) is 0 Å². The van der Waals surface area contributed by atoms with E-state index in [1.54, 1.807) is 24.3 Å². The number of carbonyl (C=O) groups is 2. The SMILES string of the molecule is CCCNC(=O)O[C@@H]1CC[C@H](c2cc(NC(=O)Cc3ccccc3S(=O)(=O)NC)n[nH]2)C1. The Bertz CT molecular complexity index is 1050. The topological polar surface area (TPSA) is 142 Å². The van der Waals surface area contributed by atoms with E-state index in [0.717, 1.165) is 25.0 Å². The molecular formula is C21H29N5O5S. The number of nitrogens with one attached hydrogen (secondary N) is 4. The van der Waals surface area contributed by atoms with Gasteiger partial charge in [0.15, 0.2) is 5.82 Å². The quantitative estimate of drug-likeness (QED) is 0.449. The number of hydrogen-bond donors (Lipinski definition) is 4. The molecule has 0 spiro atoms. The van der Waals surface area contributed by atoms with Crippen LogP contribution in [-0.2, 0) is 26.0 Å². The lowest BCUT2D eigenvalue weighted by molar-refractivity contribution is -0.115. The first-order chi connectivity index (χ1) is 15.3. The van der Waals surface area contributed by atoms with Gasteiger partial charge in [-0.3, -0.25) is 9.89 Å². The number of sulfonamides is 1. The first-order valence-electron chi connectivity index (χ1n) is 10.6. The summed E-state index contributed by atoms with van der Waals surface area (Å²) >= 11 is 0. The van der Waals surface area contributed by atoms with Crippen LogP contribution in [0.2, 0.25) is 0 Å². The van der Waals surface area contributed by atoms with Gasteiger partial charge in [0.05, 0.1) is 11.3 Å². The van der Waals surface area contributed by atoms with Crippen molar-refractivity contribution in [2.45, 2.75) is 55.9 Å². The lowest BCUT2D eigenvalue weighted by Crippen LogP contribution is -2.28. The van der Waals surface area contributed by atoms with Crippen LogP contribution in [0.4, 0.5) is 10.6 Å². The Morgan fingerprint density at radius 2 is 2.03 bits per heavy atom. The predicted octanol–water partition coefficient (Wildman–Crippen LogP) is 2.27. The van der Waals surface area contributed by atoms with Crippen molar-refractivity contribution in [3.63, 3.8) is 0 Å². The van der Waals surface area contributed by atoms with Crippen molar-refractivity contribution >= 4 is 27.8 Å². The average molecular weight is 464 g/mol. The van der Waals surface area contributed by atoms with Gasteiger partial charge in [0.25, 0.3) is 0 Å². The lowest BCUT2D eigenvalue weighted by Gasteiger charge is -2.12. The molecule has 0 unspecified atom stereocenters. The number of rotatable bonds is 9. The number of anilines is 1. The lowest BCUT2D eigenvalue weighted by atomic mass is 10.0. The molecule has 10 nitrogen and oxygen atoms in total. The van der Waals surface area contributed by atoms with Crippen LogP contribution in [0.5, 0.6) is 0 Å². The summed E-state index contributed by atoms with van der Waals surface area (Å²) < 4.78 is 32.0. The van der Waals surface area contributed by atoms with Gasteiger partial charge in [0, 0.05) is 24.2 Å². The van der Waals surface area contributed by atoms with Crippen LogP contribution in [-0.4, -0.2) is 50.3 Å². The van der Waals surface area contributed by atoms with Gasteiger partial charge in [-0.05, 0) is 44.4 Å². The van der Waals surface area contributed by atoms with Crippen LogP contribution in [0.15, 0.2) is 35.2 Å². The minimum atomic E-state index is -3.67. The smallest absolute Gasteiger partial charge is 0.407 e. The molecule has 32 heavy (non-hydrogen) atoms. The maximum atomic E-state index is 12.5. The Labute approximate surface area is 187 Å². The Hall–Kier alpha value is -2.92. The van der Waals surface area contributed by atoms with Gasteiger partial charge in [0.2, 0.25) is 15.9 Å². The molecule has 1 aromatic heterocycles. The molecule has 0 radical (unpaired) electrons. The van der Waals surface area contributed by atoms with Crippen molar-refractivity contribution in [3.05, 3.63) is 41.6 Å². The maximum absolute atomic E-state index is 12.5. The standard InChI is InChI=1S/C21H29N5O5S/c1-3-10-23-21(28)31-16-9-8-14(11-16)17-13-19(26-25-17)24-20(27)12-15-6-4-5-7-18(15)32(29,30)22-2/h4-7,13-14,16,22H,3,8-12H2,1-2H3,(H,23,28)(H2,24,25,26,27)/t14-,16+/m0/s1. The van der Waals surface area contributed by atoms with Crippen LogP contribution in [0, 0.1) is 0 Å². The van der Waals surface area contributed by atoms with Gasteiger partial charge in [-0.15, -0.1) is 0 Å². The van der Waals surface area contributed by atoms with Gasteiger partial charge in [-0.25, -0.2) is 17.9 Å². The van der Waals surface area contributed by atoms with E-state index in [1.807, 2.05) is 6.92 Å². The van der Waals surface area contributed by atoms with Crippen molar-refractivity contribution < 1.29 is 22.7 Å². The van der Waals surface area contributed by atoms with E-state index in [0.29, 0.717) is 24.3 Å². The van der Waals surface area contributed by atoms with Crippen LogP contribution < -0.4 is 15.4 Å². The van der Waals surface area contributed by atoms with E-state index in [-0.39, 0.29) is 29.2 Å². The Balaban J connectivity index is 1.56. The summed E-state index contributed by atoms with van der Waals surface area (Å²) in [6, 6.07) is 8.12. The summed E-state index contributed by atoms with van der Waals surface area (Å²) in [5, 5.41) is 12.5. The third kappa shape index (κ3) is 6.07. The van der Waals surface area contributed by atoms with E-state index >= 15 is 0 Å². The summed E-state index contributed by atoms with van der Waals surface area (Å²) in [4.78, 5) is 24.3. The first-order valence-corrected chi connectivity index (χ1v) is 12.1. The molecule has 1 fully saturated rings. The average Bonchev–Trinajstić information content (AvgIpc) is 3.42. The molecule has 2 amide bonds. The van der Waals surface area contributed by atoms with Crippen LogP contribution >= 0.6 is 0 Å². The zero-order valence-electron chi connectivity index (χ0n) is 18.2. The highest BCUT2D eigenvalue weighted by Gasteiger charge is 2.30. The summed E-state index contributed by atoms with van der Waals surface area (Å²) in [5.74, 6) is 0.143. The van der Waals surface area contributed by atoms with Gasteiger partial charge in [-0.1, -0.05) is 25.1 Å². The van der Waals surface area contributed by atoms with Gasteiger partial charge >= 0.3 is 6.09 Å². The number of H-pyrrole nitrogens is 1. The predicted molar refractivity (Wildman–Crippen MR) is 119 cm³/mol. The molecule has 1 saturated carbocycles. The van der Waals surface area contributed by atoms with E-state index in [1.165, 1.54) is 13.1 Å². The minimum Gasteiger partial charge on any atom is -0.446 e. The minimum absolute atomic E-state index is 0.0698. The molecule has 3 rings (SSSR count). The second kappa shape index (κ2) is 10.6. The highest BCUT2D eigenvalue weighted by molar-refractivity contribution is 7.89. The second-order valence-electron chi connectivity index (χ2n) is 7.71. The number of nitrogens with zero attached hydrogens (tertiary/aromatic N) is 1. The largest absolute Gasteiger partial charge is 0.446 e. The molecule has 2 aromatic rings. The highest BCUT2D eigenvalue weighted by atomic mass is 32.2. The fourth-order valence-corrected chi connectivity index (χ4v) is 4.70. The molecule has 174 valence electrons. The fourth-order valence-electron chi connectivity index (χ4n) is 3.74. The van der Waals surface area contributed by atoms with Crippen molar-refractivity contribution in [1.82, 2.24) is 20.2 Å². The maximum Gasteiger partial charge on any atom is 0.407 e. The first kappa shape index (κ1) is 23.7. The van der Waals surface area contributed by atoms with Crippen LogP contribution in [0.1, 0.15) is 49.8 Å². The molecule has 11 heteroatoms. The number of alkyl carbamates (subject to hydrolysis) is 1. The molecule has 0 saturated heterocycles. The normalized spacial score (nSPS) is 18.3. The molecule has 4 N–H and O–H groups in total. The number of carbonyl (C=O) groups excluding carboxylic acids is 2. The Morgan fingerprint density at radius 1 is 1.25 bits per heavy atom. The molecule has 0 aliphatic heterocycles. The molecule has 1 aromatic carbocycles. The van der Waals surface area contributed by atoms with Gasteiger partial charge in [-0.2, -0.15) is 5.10 Å². The number of benzene rings is 1. The van der Waals surface area contributed by atoms with Crippen molar-refractivity contribution in [3.8, 4) is 0 Å². The number of hydrogen-bond acceptors (Lipinski definition) is 6. The molecule has 1 aliphatic carbocycles. The van der Waals surface area contributed by atoms with E-state index in [4.69, 9.17) is 4.74 Å². The molecule has 1 heterocycles. The third-order valence-electron chi connectivity index (χ3n) is 5.36. The van der Waals surface area contributed by atoms with Crippen molar-refractivity contribution in [2.75, 3.05) is 18.9 Å². The molecular weight excluding hydrogens is 434 g/mol. The van der Waals surface area contributed by atoms with E-state index in [9.17, 15) is 18.0 Å². The van der Waals surface area contributed by atoms with Gasteiger partial charge in [0.1, 0.15) is 6.10 Å². The van der Waals surface area contributed by atoms with Crippen LogP contribution in [0.25, 0.3) is 0 Å². The van der Waals surface area contributed by atoms with E-state index in [2.05, 4.69) is 25.6 Å². The zero-order chi connectivity index (χ0) is 23.1. The number of aromatic nitrogens is 2.